The first-order chi connectivity index (χ1) is 13.8. The second-order valence-electron chi connectivity index (χ2n) is 6.67. The molecule has 2 N–H and O–H groups in total. The number of rotatable bonds is 8. The van der Waals surface area contributed by atoms with Crippen molar-refractivity contribution in [3.63, 3.8) is 0 Å². The van der Waals surface area contributed by atoms with Gasteiger partial charge in [-0.25, -0.2) is 13.1 Å². The number of nitrogens with zero attached hydrogens (tertiary/aromatic N) is 2. The summed E-state index contributed by atoms with van der Waals surface area (Å²) in [7, 11) is -3.56. The summed E-state index contributed by atoms with van der Waals surface area (Å²) in [5.74, 6) is -0.170. The minimum absolute atomic E-state index is 0.170. The normalized spacial score (nSPS) is 11.4. The van der Waals surface area contributed by atoms with Crippen LogP contribution in [0.1, 0.15) is 21.7 Å². The van der Waals surface area contributed by atoms with E-state index in [2.05, 4.69) is 20.2 Å². The van der Waals surface area contributed by atoms with E-state index in [0.717, 1.165) is 16.7 Å². The van der Waals surface area contributed by atoms with E-state index in [-0.39, 0.29) is 23.8 Å². The number of carbonyl (C=O) groups is 1. The van der Waals surface area contributed by atoms with E-state index in [1.807, 2.05) is 38.1 Å². The van der Waals surface area contributed by atoms with E-state index in [9.17, 15) is 13.2 Å². The van der Waals surface area contributed by atoms with Crippen LogP contribution in [0.25, 0.3) is 0 Å². The fraction of sp³-hybridized carbons (Fsp3) is 0.250. The lowest BCUT2D eigenvalue weighted by atomic mass is 10.1. The van der Waals surface area contributed by atoms with Gasteiger partial charge in [0.1, 0.15) is 5.01 Å². The van der Waals surface area contributed by atoms with Gasteiger partial charge in [0, 0.05) is 13.0 Å². The van der Waals surface area contributed by atoms with Crippen LogP contribution in [0.4, 0.5) is 5.13 Å². The smallest absolute Gasteiger partial charge is 0.240 e. The number of benzene rings is 2. The highest BCUT2D eigenvalue weighted by molar-refractivity contribution is 7.89. The predicted molar refractivity (Wildman–Crippen MR) is 113 cm³/mol. The highest BCUT2D eigenvalue weighted by atomic mass is 32.2. The van der Waals surface area contributed by atoms with Gasteiger partial charge in [-0.3, -0.25) is 4.79 Å². The molecule has 0 aliphatic carbocycles. The quantitative estimate of drug-likeness (QED) is 0.572. The number of anilines is 1. The van der Waals surface area contributed by atoms with Crippen molar-refractivity contribution in [3.05, 3.63) is 70.2 Å². The minimum Gasteiger partial charge on any atom is -0.300 e. The average Bonchev–Trinajstić information content (AvgIpc) is 3.11. The Morgan fingerprint density at radius 3 is 2.24 bits per heavy atom. The molecule has 7 nitrogen and oxygen atoms in total. The molecule has 0 bridgehead atoms. The topological polar surface area (TPSA) is 101 Å². The van der Waals surface area contributed by atoms with Gasteiger partial charge in [-0.2, -0.15) is 0 Å². The second-order valence-corrected chi connectivity index (χ2v) is 9.50. The van der Waals surface area contributed by atoms with Crippen LogP contribution < -0.4 is 10.0 Å². The van der Waals surface area contributed by atoms with E-state index >= 15 is 0 Å². The number of aryl methyl sites for hydroxylation is 2. The predicted octanol–water partition coefficient (Wildman–Crippen LogP) is 2.86. The first kappa shape index (κ1) is 21.1. The summed E-state index contributed by atoms with van der Waals surface area (Å²) >= 11 is 1.23. The summed E-state index contributed by atoms with van der Waals surface area (Å²) in [4.78, 5) is 12.4. The summed E-state index contributed by atoms with van der Waals surface area (Å²) in [6, 6.07) is 14.4. The molecule has 0 saturated heterocycles. The largest absolute Gasteiger partial charge is 0.300 e. The third-order valence-corrected chi connectivity index (χ3v) is 6.54. The van der Waals surface area contributed by atoms with Gasteiger partial charge in [0.2, 0.25) is 21.1 Å². The lowest BCUT2D eigenvalue weighted by Gasteiger charge is -2.05. The molecule has 0 saturated carbocycles. The average molecular weight is 431 g/mol. The molecule has 1 aromatic heterocycles. The fourth-order valence-corrected chi connectivity index (χ4v) is 4.34. The Morgan fingerprint density at radius 1 is 0.966 bits per heavy atom. The molecular weight excluding hydrogens is 408 g/mol. The van der Waals surface area contributed by atoms with Gasteiger partial charge in [0.05, 0.1) is 11.3 Å². The fourth-order valence-electron chi connectivity index (χ4n) is 2.55. The van der Waals surface area contributed by atoms with Crippen molar-refractivity contribution in [3.8, 4) is 0 Å². The third-order valence-electron chi connectivity index (χ3n) is 4.16. The van der Waals surface area contributed by atoms with Crippen molar-refractivity contribution in [1.29, 1.82) is 0 Å². The molecule has 3 aromatic rings. The van der Waals surface area contributed by atoms with Gasteiger partial charge >= 0.3 is 0 Å². The second kappa shape index (κ2) is 9.25. The first-order valence-electron chi connectivity index (χ1n) is 9.06. The van der Waals surface area contributed by atoms with Crippen molar-refractivity contribution < 1.29 is 13.2 Å². The molecule has 9 heteroatoms. The summed E-state index contributed by atoms with van der Waals surface area (Å²) in [6.07, 6.45) is 0.641. The van der Waals surface area contributed by atoms with Crippen LogP contribution in [-0.4, -0.2) is 31.1 Å². The Morgan fingerprint density at radius 2 is 1.59 bits per heavy atom. The Bertz CT molecular complexity index is 1080. The van der Waals surface area contributed by atoms with Gasteiger partial charge in [-0.05, 0) is 31.5 Å². The SMILES string of the molecule is Cc1ccc(CC(=O)Nc2nnc(CCNS(=O)(=O)c3ccc(C)cc3)s2)cc1. The van der Waals surface area contributed by atoms with E-state index < -0.39 is 10.0 Å². The molecule has 1 heterocycles. The monoisotopic (exact) mass is 430 g/mol. The van der Waals surface area contributed by atoms with E-state index in [1.54, 1.807) is 24.3 Å². The maximum Gasteiger partial charge on any atom is 0.240 e. The lowest BCUT2D eigenvalue weighted by molar-refractivity contribution is -0.115. The zero-order valence-corrected chi connectivity index (χ0v) is 17.8. The molecule has 0 radical (unpaired) electrons. The highest BCUT2D eigenvalue weighted by Crippen LogP contribution is 2.16. The van der Waals surface area contributed by atoms with Crippen LogP contribution in [0.15, 0.2) is 53.4 Å². The molecule has 1 amide bonds. The molecule has 2 aromatic carbocycles. The van der Waals surface area contributed by atoms with Gasteiger partial charge < -0.3 is 5.32 Å². The van der Waals surface area contributed by atoms with Gasteiger partial charge in [-0.15, -0.1) is 10.2 Å². The van der Waals surface area contributed by atoms with Gasteiger partial charge in [-0.1, -0.05) is 58.9 Å². The number of hydrogen-bond donors (Lipinski definition) is 2. The molecular formula is C20H22N4O3S2. The van der Waals surface area contributed by atoms with Crippen LogP contribution in [0.2, 0.25) is 0 Å². The van der Waals surface area contributed by atoms with E-state index in [4.69, 9.17) is 0 Å². The molecule has 0 atom stereocenters. The summed E-state index contributed by atoms with van der Waals surface area (Å²) in [5, 5.41) is 11.7. The number of hydrogen-bond acceptors (Lipinski definition) is 6. The first-order valence-corrected chi connectivity index (χ1v) is 11.4. The zero-order valence-electron chi connectivity index (χ0n) is 16.2. The minimum atomic E-state index is -3.56. The van der Waals surface area contributed by atoms with Gasteiger partial charge in [0.25, 0.3) is 0 Å². The van der Waals surface area contributed by atoms with Crippen molar-refractivity contribution in [2.45, 2.75) is 31.6 Å². The zero-order chi connectivity index (χ0) is 20.9. The van der Waals surface area contributed by atoms with Crippen LogP contribution in [0.3, 0.4) is 0 Å². The number of carbonyl (C=O) groups excluding carboxylic acids is 1. The molecule has 0 aliphatic heterocycles. The Balaban J connectivity index is 1.49. The molecule has 3 rings (SSSR count). The highest BCUT2D eigenvalue weighted by Gasteiger charge is 2.14. The standard InChI is InChI=1S/C20H22N4O3S2/c1-14-3-7-16(8-4-14)13-18(25)22-20-24-23-19(28-20)11-12-21-29(26,27)17-9-5-15(2)6-10-17/h3-10,21H,11-13H2,1-2H3,(H,22,24,25). The number of sulfonamides is 1. The van der Waals surface area contributed by atoms with Crippen LogP contribution in [0.5, 0.6) is 0 Å². The lowest BCUT2D eigenvalue weighted by Crippen LogP contribution is -2.25. The third kappa shape index (κ3) is 6.18. The Kier molecular flexibility index (Phi) is 6.73. The summed E-state index contributed by atoms with van der Waals surface area (Å²) < 4.78 is 27.1. The molecule has 0 aliphatic rings. The van der Waals surface area contributed by atoms with Crippen molar-refractivity contribution in [1.82, 2.24) is 14.9 Å². The van der Waals surface area contributed by atoms with Crippen molar-refractivity contribution in [2.24, 2.45) is 0 Å². The Labute approximate surface area is 174 Å². The molecule has 0 unspecified atom stereocenters. The van der Waals surface area contributed by atoms with Crippen LogP contribution in [-0.2, 0) is 27.7 Å². The van der Waals surface area contributed by atoms with Crippen molar-refractivity contribution in [2.75, 3.05) is 11.9 Å². The molecule has 29 heavy (non-hydrogen) atoms. The Hall–Kier alpha value is -2.62. The maximum absolute atomic E-state index is 12.3. The van der Waals surface area contributed by atoms with Crippen LogP contribution in [0, 0.1) is 13.8 Å². The van der Waals surface area contributed by atoms with E-state index in [1.165, 1.54) is 11.3 Å². The van der Waals surface area contributed by atoms with Gasteiger partial charge in [0.15, 0.2) is 0 Å². The van der Waals surface area contributed by atoms with Crippen molar-refractivity contribution >= 4 is 32.4 Å². The van der Waals surface area contributed by atoms with E-state index in [0.29, 0.717) is 16.6 Å². The van der Waals surface area contributed by atoms with Crippen LogP contribution >= 0.6 is 11.3 Å². The summed E-state index contributed by atoms with van der Waals surface area (Å²) in [6.45, 7) is 4.09. The molecule has 152 valence electrons. The number of aromatic nitrogens is 2. The molecule has 0 fully saturated rings. The number of amides is 1. The summed E-state index contributed by atoms with van der Waals surface area (Å²) in [5.41, 5.74) is 3.05. The maximum atomic E-state index is 12.3. The number of nitrogens with one attached hydrogen (secondary N) is 2. The molecule has 0 spiro atoms.